The number of hydrogen-bond donors (Lipinski definition) is 1. The number of nitrogens with zero attached hydrogens (tertiary/aromatic N) is 3. The van der Waals surface area contributed by atoms with Crippen molar-refractivity contribution in [3.8, 4) is 0 Å². The topological polar surface area (TPSA) is 106 Å². The number of halogens is 1. The zero-order chi connectivity index (χ0) is 12.3. The molecule has 0 atom stereocenters. The lowest BCUT2D eigenvalue weighted by Gasteiger charge is -2.14. The van der Waals surface area contributed by atoms with E-state index >= 15 is 0 Å². The molecule has 0 saturated heterocycles. The maximum absolute atomic E-state index is 11.8. The van der Waals surface area contributed by atoms with Gasteiger partial charge in [0.15, 0.2) is 0 Å². The van der Waals surface area contributed by atoms with Gasteiger partial charge in [0.25, 0.3) is 0 Å². The van der Waals surface area contributed by atoms with Gasteiger partial charge in [0.2, 0.25) is 21.2 Å². The van der Waals surface area contributed by atoms with Gasteiger partial charge in [-0.15, -0.1) is 0 Å². The molecule has 0 spiro atoms. The molecule has 0 radical (unpaired) electrons. The fraction of sp³-hybridized carbons (Fsp3) is 0.286. The molecule has 1 rings (SSSR count). The van der Waals surface area contributed by atoms with Gasteiger partial charge in [-0.1, -0.05) is 0 Å². The van der Waals surface area contributed by atoms with E-state index in [4.69, 9.17) is 17.3 Å². The third-order valence-corrected chi connectivity index (χ3v) is 3.63. The Morgan fingerprint density at radius 1 is 1.50 bits per heavy atom. The minimum atomic E-state index is -3.80. The van der Waals surface area contributed by atoms with Crippen molar-refractivity contribution in [1.82, 2.24) is 14.3 Å². The Kier molecular flexibility index (Phi) is 3.79. The van der Waals surface area contributed by atoms with E-state index in [1.165, 1.54) is 7.05 Å². The summed E-state index contributed by atoms with van der Waals surface area (Å²) in [5.41, 5.74) is 4.89. The van der Waals surface area contributed by atoms with Crippen LogP contribution in [0.3, 0.4) is 0 Å². The van der Waals surface area contributed by atoms with Crippen LogP contribution < -0.4 is 5.73 Å². The summed E-state index contributed by atoms with van der Waals surface area (Å²) in [6, 6.07) is 0. The molecule has 0 bridgehead atoms. The number of carbonyl (C=O) groups is 1. The van der Waals surface area contributed by atoms with Gasteiger partial charge in [-0.3, -0.25) is 4.79 Å². The van der Waals surface area contributed by atoms with Crippen molar-refractivity contribution in [2.75, 3.05) is 13.6 Å². The number of hydrogen-bond acceptors (Lipinski definition) is 5. The molecule has 7 nitrogen and oxygen atoms in total. The molecule has 1 heterocycles. The van der Waals surface area contributed by atoms with E-state index in [2.05, 4.69) is 9.97 Å². The summed E-state index contributed by atoms with van der Waals surface area (Å²) >= 11 is 5.42. The summed E-state index contributed by atoms with van der Waals surface area (Å²) in [6.07, 6.45) is 2.12. The van der Waals surface area contributed by atoms with Crippen LogP contribution in [0.5, 0.6) is 0 Å². The van der Waals surface area contributed by atoms with Crippen LogP contribution in [0.4, 0.5) is 0 Å². The monoisotopic (exact) mass is 264 g/mol. The molecule has 0 fully saturated rings. The van der Waals surface area contributed by atoms with Gasteiger partial charge in [0.1, 0.15) is 4.90 Å². The van der Waals surface area contributed by atoms with Crippen LogP contribution in [0.2, 0.25) is 5.28 Å². The maximum Gasteiger partial charge on any atom is 0.246 e. The molecule has 0 aromatic carbocycles. The van der Waals surface area contributed by atoms with E-state index in [0.717, 1.165) is 16.7 Å². The smallest absolute Gasteiger partial charge is 0.246 e. The van der Waals surface area contributed by atoms with Crippen LogP contribution in [0.1, 0.15) is 0 Å². The fourth-order valence-electron chi connectivity index (χ4n) is 0.918. The quantitative estimate of drug-likeness (QED) is 0.719. The summed E-state index contributed by atoms with van der Waals surface area (Å²) in [7, 11) is -2.57. The summed E-state index contributed by atoms with van der Waals surface area (Å²) in [5.74, 6) is -0.749. The molecular weight excluding hydrogens is 256 g/mol. The number of likely N-dealkylation sites (N-methyl/N-ethyl adjacent to an activating group) is 1. The summed E-state index contributed by atoms with van der Waals surface area (Å²) in [4.78, 5) is 17.5. The van der Waals surface area contributed by atoms with Gasteiger partial charge < -0.3 is 5.73 Å². The predicted molar refractivity (Wildman–Crippen MR) is 56.1 cm³/mol. The molecule has 1 aromatic rings. The molecule has 16 heavy (non-hydrogen) atoms. The molecule has 2 N–H and O–H groups in total. The molecule has 9 heteroatoms. The number of rotatable bonds is 4. The maximum atomic E-state index is 11.8. The minimum absolute atomic E-state index is 0.0588. The summed E-state index contributed by atoms with van der Waals surface area (Å²) < 4.78 is 24.4. The van der Waals surface area contributed by atoms with Crippen LogP contribution in [0, 0.1) is 0 Å². The van der Waals surface area contributed by atoms with Crippen LogP contribution in [0.15, 0.2) is 17.3 Å². The van der Waals surface area contributed by atoms with Gasteiger partial charge in [-0.2, -0.15) is 4.31 Å². The first-order chi connectivity index (χ1) is 7.34. The van der Waals surface area contributed by atoms with Crippen molar-refractivity contribution in [1.29, 1.82) is 0 Å². The van der Waals surface area contributed by atoms with Crippen molar-refractivity contribution < 1.29 is 13.2 Å². The van der Waals surface area contributed by atoms with E-state index in [0.29, 0.717) is 0 Å². The second-order valence-corrected chi connectivity index (χ2v) is 5.30. The van der Waals surface area contributed by atoms with Gasteiger partial charge in [-0.05, 0) is 11.6 Å². The van der Waals surface area contributed by atoms with Crippen molar-refractivity contribution >= 4 is 27.5 Å². The molecule has 0 unspecified atom stereocenters. The lowest BCUT2D eigenvalue weighted by molar-refractivity contribution is -0.118. The van der Waals surface area contributed by atoms with Crippen molar-refractivity contribution in [3.63, 3.8) is 0 Å². The Hall–Kier alpha value is -1.25. The van der Waals surface area contributed by atoms with Gasteiger partial charge >= 0.3 is 0 Å². The van der Waals surface area contributed by atoms with E-state index < -0.39 is 22.5 Å². The lowest BCUT2D eigenvalue weighted by atomic mass is 10.6. The zero-order valence-electron chi connectivity index (χ0n) is 8.29. The number of primary amides is 1. The Morgan fingerprint density at radius 2 is 2.00 bits per heavy atom. The molecule has 0 aliphatic rings. The highest BCUT2D eigenvalue weighted by molar-refractivity contribution is 7.89. The molecule has 0 saturated carbocycles. The molecule has 1 aromatic heterocycles. The molecule has 0 aliphatic heterocycles. The second-order valence-electron chi connectivity index (χ2n) is 2.92. The standard InChI is InChI=1S/C7H9ClN4O3S/c1-12(4-6(9)13)16(14,15)5-2-10-7(8)11-3-5/h2-3H,4H2,1H3,(H2,9,13). The first-order valence-electron chi connectivity index (χ1n) is 4.06. The lowest BCUT2D eigenvalue weighted by Crippen LogP contribution is -2.35. The molecular formula is C7H9ClN4O3S. The average Bonchev–Trinajstić information content (AvgIpc) is 2.17. The number of sulfonamides is 1. The first kappa shape index (κ1) is 12.8. The largest absolute Gasteiger partial charge is 0.369 e. The summed E-state index contributed by atoms with van der Waals surface area (Å²) in [6.45, 7) is -0.412. The average molecular weight is 265 g/mol. The van der Waals surface area contributed by atoms with Crippen LogP contribution in [0.25, 0.3) is 0 Å². The van der Waals surface area contributed by atoms with E-state index in [9.17, 15) is 13.2 Å². The second kappa shape index (κ2) is 4.73. The van der Waals surface area contributed by atoms with Crippen molar-refractivity contribution in [3.05, 3.63) is 17.7 Å². The highest BCUT2D eigenvalue weighted by Gasteiger charge is 2.22. The third-order valence-electron chi connectivity index (χ3n) is 1.68. The Bertz CT molecular complexity index is 487. The minimum Gasteiger partial charge on any atom is -0.369 e. The molecule has 88 valence electrons. The van der Waals surface area contributed by atoms with E-state index in [1.807, 2.05) is 0 Å². The van der Waals surface area contributed by atoms with Gasteiger partial charge in [-0.25, -0.2) is 18.4 Å². The first-order valence-corrected chi connectivity index (χ1v) is 5.88. The summed E-state index contributed by atoms with van der Waals surface area (Å²) in [5, 5.41) is -0.0588. The van der Waals surface area contributed by atoms with E-state index in [-0.39, 0.29) is 10.2 Å². The number of nitrogens with two attached hydrogens (primary N) is 1. The molecule has 0 aliphatic carbocycles. The Labute approximate surface area is 97.3 Å². The number of amides is 1. The van der Waals surface area contributed by atoms with Crippen LogP contribution in [-0.4, -0.2) is 42.2 Å². The van der Waals surface area contributed by atoms with Crippen molar-refractivity contribution in [2.24, 2.45) is 5.73 Å². The predicted octanol–water partition coefficient (Wildman–Crippen LogP) is -0.764. The number of aromatic nitrogens is 2. The van der Waals surface area contributed by atoms with Crippen LogP contribution >= 0.6 is 11.6 Å². The highest BCUT2D eigenvalue weighted by Crippen LogP contribution is 2.12. The third kappa shape index (κ3) is 2.87. The highest BCUT2D eigenvalue weighted by atomic mass is 35.5. The Balaban J connectivity index is 3.02. The molecule has 1 amide bonds. The normalized spacial score (nSPS) is 11.7. The van der Waals surface area contributed by atoms with Crippen molar-refractivity contribution in [2.45, 2.75) is 4.90 Å². The van der Waals surface area contributed by atoms with Gasteiger partial charge in [0, 0.05) is 7.05 Å². The number of carbonyl (C=O) groups excluding carboxylic acids is 1. The van der Waals surface area contributed by atoms with E-state index in [1.54, 1.807) is 0 Å². The Morgan fingerprint density at radius 3 is 2.44 bits per heavy atom. The van der Waals surface area contributed by atoms with Gasteiger partial charge in [0.05, 0.1) is 18.9 Å². The SMILES string of the molecule is CN(CC(N)=O)S(=O)(=O)c1cnc(Cl)nc1. The zero-order valence-corrected chi connectivity index (χ0v) is 9.86. The fourth-order valence-corrected chi connectivity index (χ4v) is 2.04. The van der Waals surface area contributed by atoms with Crippen LogP contribution in [-0.2, 0) is 14.8 Å².